The van der Waals surface area contributed by atoms with Crippen LogP contribution in [0.5, 0.6) is 0 Å². The van der Waals surface area contributed by atoms with Gasteiger partial charge in [0.1, 0.15) is 16.5 Å². The molecule has 1 N–H and O–H groups in total. The van der Waals surface area contributed by atoms with E-state index in [4.69, 9.17) is 4.74 Å². The molecule has 1 saturated heterocycles. The minimum Gasteiger partial charge on any atom is -0.383 e. The summed E-state index contributed by atoms with van der Waals surface area (Å²) in [5, 5.41) is 4.80. The number of nitrogens with one attached hydrogen (secondary N) is 1. The monoisotopic (exact) mass is 463 g/mol. The van der Waals surface area contributed by atoms with Crippen molar-refractivity contribution in [1.82, 2.24) is 19.7 Å². The molecule has 1 aliphatic heterocycles. The molecule has 172 valence electrons. The van der Waals surface area contributed by atoms with E-state index < -0.39 is 11.8 Å². The van der Waals surface area contributed by atoms with Crippen LogP contribution >= 0.6 is 11.3 Å². The van der Waals surface area contributed by atoms with Crippen molar-refractivity contribution in [2.45, 2.75) is 13.5 Å². The van der Waals surface area contributed by atoms with Gasteiger partial charge in [0, 0.05) is 52.1 Å². The van der Waals surface area contributed by atoms with Crippen LogP contribution in [0, 0.1) is 5.82 Å². The Bertz CT molecular complexity index is 961. The molecule has 4 amide bonds. The second-order valence-electron chi connectivity index (χ2n) is 7.25. The van der Waals surface area contributed by atoms with Crippen LogP contribution in [0.2, 0.25) is 0 Å². The highest BCUT2D eigenvalue weighted by molar-refractivity contribution is 7.09. The zero-order valence-electron chi connectivity index (χ0n) is 18.0. The number of methoxy groups -OCH3 is 1. The van der Waals surface area contributed by atoms with Crippen molar-refractivity contribution in [2.75, 3.05) is 51.8 Å². The number of anilines is 1. The second-order valence-corrected chi connectivity index (χ2v) is 8.19. The van der Waals surface area contributed by atoms with Crippen LogP contribution in [0.4, 0.5) is 14.9 Å². The lowest BCUT2D eigenvalue weighted by Crippen LogP contribution is -2.50. The highest BCUT2D eigenvalue weighted by Gasteiger charge is 2.25. The number of carbonyl (C=O) groups excluding carboxylic acids is 3. The lowest BCUT2D eigenvalue weighted by molar-refractivity contribution is -0.130. The van der Waals surface area contributed by atoms with Crippen molar-refractivity contribution in [3.8, 4) is 0 Å². The Morgan fingerprint density at radius 3 is 2.53 bits per heavy atom. The number of hydrogen-bond donors (Lipinski definition) is 1. The van der Waals surface area contributed by atoms with Crippen LogP contribution in [0.15, 0.2) is 29.6 Å². The molecule has 1 aromatic heterocycles. The summed E-state index contributed by atoms with van der Waals surface area (Å²) >= 11 is 1.28. The summed E-state index contributed by atoms with van der Waals surface area (Å²) in [6.45, 7) is 4.14. The van der Waals surface area contributed by atoms with E-state index in [9.17, 15) is 18.8 Å². The van der Waals surface area contributed by atoms with Gasteiger partial charge in [-0.05, 0) is 12.1 Å². The third-order valence-corrected chi connectivity index (χ3v) is 5.91. The van der Waals surface area contributed by atoms with Gasteiger partial charge >= 0.3 is 6.03 Å². The summed E-state index contributed by atoms with van der Waals surface area (Å²) in [6.07, 6.45) is 0. The van der Waals surface area contributed by atoms with Gasteiger partial charge in [-0.3, -0.25) is 9.59 Å². The molecule has 11 heteroatoms. The van der Waals surface area contributed by atoms with E-state index in [1.54, 1.807) is 27.3 Å². The van der Waals surface area contributed by atoms with E-state index in [2.05, 4.69) is 10.3 Å². The Kier molecular flexibility index (Phi) is 8.12. The molecule has 0 unspecified atom stereocenters. The number of para-hydroxylation sites is 1. The number of amides is 4. The van der Waals surface area contributed by atoms with Gasteiger partial charge in [-0.25, -0.2) is 14.2 Å². The number of aromatic nitrogens is 1. The zero-order valence-corrected chi connectivity index (χ0v) is 18.9. The number of rotatable bonds is 7. The standard InChI is InChI=1S/C21H26FN5O4S/c1-15(28)25-7-9-26(10-8-25)20(29)18-14-32-19(23-18)13-27(11-12-31-2)21(30)24-17-6-4-3-5-16(17)22/h3-6,14H,7-13H2,1-2H3,(H,24,30). The first kappa shape index (κ1) is 23.6. The summed E-state index contributed by atoms with van der Waals surface area (Å²) in [5.74, 6) is -0.729. The Labute approximate surface area is 189 Å². The van der Waals surface area contributed by atoms with Crippen LogP contribution in [-0.2, 0) is 16.1 Å². The van der Waals surface area contributed by atoms with Gasteiger partial charge in [0.05, 0.1) is 18.8 Å². The number of carbonyl (C=O) groups is 3. The van der Waals surface area contributed by atoms with Crippen molar-refractivity contribution in [3.63, 3.8) is 0 Å². The van der Waals surface area contributed by atoms with Crippen molar-refractivity contribution in [1.29, 1.82) is 0 Å². The predicted octanol–water partition coefficient (Wildman–Crippen LogP) is 2.27. The molecular formula is C21H26FN5O4S. The summed E-state index contributed by atoms with van der Waals surface area (Å²) < 4.78 is 19.0. The van der Waals surface area contributed by atoms with Gasteiger partial charge < -0.3 is 24.8 Å². The van der Waals surface area contributed by atoms with Gasteiger partial charge in [0.2, 0.25) is 5.91 Å². The lowest BCUT2D eigenvalue weighted by Gasteiger charge is -2.33. The molecule has 1 aliphatic rings. The molecule has 2 aromatic rings. The average molecular weight is 464 g/mol. The van der Waals surface area contributed by atoms with E-state index in [1.165, 1.54) is 42.4 Å². The van der Waals surface area contributed by atoms with Gasteiger partial charge in [-0.15, -0.1) is 11.3 Å². The largest absolute Gasteiger partial charge is 0.383 e. The summed E-state index contributed by atoms with van der Waals surface area (Å²) in [6, 6.07) is 5.43. The fraction of sp³-hybridized carbons (Fsp3) is 0.429. The lowest BCUT2D eigenvalue weighted by atomic mass is 10.3. The van der Waals surface area contributed by atoms with Crippen molar-refractivity contribution in [2.24, 2.45) is 0 Å². The summed E-state index contributed by atoms with van der Waals surface area (Å²) in [7, 11) is 1.53. The van der Waals surface area contributed by atoms with Crippen LogP contribution in [0.3, 0.4) is 0 Å². The van der Waals surface area contributed by atoms with Gasteiger partial charge in [0.15, 0.2) is 0 Å². The van der Waals surface area contributed by atoms with Crippen LogP contribution in [-0.4, -0.2) is 84.0 Å². The van der Waals surface area contributed by atoms with Gasteiger partial charge in [0.25, 0.3) is 5.91 Å². The van der Waals surface area contributed by atoms with Crippen molar-refractivity contribution < 1.29 is 23.5 Å². The maximum atomic E-state index is 13.9. The number of halogens is 1. The van der Waals surface area contributed by atoms with E-state index in [-0.39, 0.29) is 30.6 Å². The number of hydrogen-bond acceptors (Lipinski definition) is 6. The zero-order chi connectivity index (χ0) is 23.1. The van der Waals surface area contributed by atoms with E-state index in [0.29, 0.717) is 43.5 Å². The first-order valence-corrected chi connectivity index (χ1v) is 11.1. The predicted molar refractivity (Wildman–Crippen MR) is 118 cm³/mol. The number of ether oxygens (including phenoxy) is 1. The van der Waals surface area contributed by atoms with E-state index >= 15 is 0 Å². The molecular weight excluding hydrogens is 437 g/mol. The Balaban J connectivity index is 1.63. The molecule has 9 nitrogen and oxygen atoms in total. The summed E-state index contributed by atoms with van der Waals surface area (Å²) in [4.78, 5) is 46.2. The van der Waals surface area contributed by atoms with Crippen LogP contribution in [0.25, 0.3) is 0 Å². The quantitative estimate of drug-likeness (QED) is 0.680. The molecule has 3 rings (SSSR count). The maximum Gasteiger partial charge on any atom is 0.322 e. The molecule has 0 spiro atoms. The van der Waals surface area contributed by atoms with Crippen LogP contribution < -0.4 is 5.32 Å². The molecule has 0 aliphatic carbocycles. The molecule has 1 aromatic carbocycles. The summed E-state index contributed by atoms with van der Waals surface area (Å²) in [5.41, 5.74) is 0.391. The molecule has 2 heterocycles. The Morgan fingerprint density at radius 2 is 1.88 bits per heavy atom. The van der Waals surface area contributed by atoms with Gasteiger partial charge in [-0.1, -0.05) is 12.1 Å². The first-order valence-electron chi connectivity index (χ1n) is 10.2. The highest BCUT2D eigenvalue weighted by atomic mass is 32.1. The minimum absolute atomic E-state index is 0.00199. The number of nitrogens with zero attached hydrogens (tertiary/aromatic N) is 4. The number of urea groups is 1. The third kappa shape index (κ3) is 6.01. The smallest absolute Gasteiger partial charge is 0.322 e. The SMILES string of the molecule is COCCN(Cc1nc(C(=O)N2CCN(C(C)=O)CC2)cs1)C(=O)Nc1ccccc1F. The number of thiazole rings is 1. The van der Waals surface area contributed by atoms with Gasteiger partial charge in [-0.2, -0.15) is 0 Å². The average Bonchev–Trinajstić information content (AvgIpc) is 3.26. The first-order chi connectivity index (χ1) is 15.4. The van der Waals surface area contributed by atoms with Crippen molar-refractivity contribution >= 4 is 34.9 Å². The molecule has 0 radical (unpaired) electrons. The van der Waals surface area contributed by atoms with Crippen molar-refractivity contribution in [3.05, 3.63) is 46.2 Å². The van der Waals surface area contributed by atoms with E-state index in [0.717, 1.165) is 0 Å². The Hall–Kier alpha value is -3.05. The molecule has 0 saturated carbocycles. The fourth-order valence-corrected chi connectivity index (χ4v) is 4.02. The number of benzene rings is 1. The fourth-order valence-electron chi connectivity index (χ4n) is 3.24. The topological polar surface area (TPSA) is 95.1 Å². The molecule has 0 bridgehead atoms. The molecule has 1 fully saturated rings. The van der Waals surface area contributed by atoms with Crippen LogP contribution in [0.1, 0.15) is 22.4 Å². The second kappa shape index (κ2) is 11.0. The highest BCUT2D eigenvalue weighted by Crippen LogP contribution is 2.18. The normalized spacial score (nSPS) is 13.7. The molecule has 0 atom stereocenters. The molecule has 32 heavy (non-hydrogen) atoms. The Morgan fingerprint density at radius 1 is 1.19 bits per heavy atom. The maximum absolute atomic E-state index is 13.9. The number of piperazine rings is 1. The minimum atomic E-state index is -0.528. The third-order valence-electron chi connectivity index (χ3n) is 5.08. The van der Waals surface area contributed by atoms with E-state index in [1.807, 2.05) is 0 Å².